The van der Waals surface area contributed by atoms with Crippen molar-refractivity contribution in [1.29, 1.82) is 0 Å². The van der Waals surface area contributed by atoms with Gasteiger partial charge in [0.25, 0.3) is 0 Å². The van der Waals surface area contributed by atoms with Crippen LogP contribution in [0.2, 0.25) is 0 Å². The van der Waals surface area contributed by atoms with E-state index in [-0.39, 0.29) is 15.8 Å². The monoisotopic (exact) mass is 535 g/mol. The molecule has 0 fully saturated rings. The highest BCUT2D eigenvalue weighted by Gasteiger charge is 2.29. The Kier molecular flexibility index (Phi) is 7.63. The number of hydrogen-bond acceptors (Lipinski definition) is 7. The second kappa shape index (κ2) is 11.1. The van der Waals surface area contributed by atoms with Gasteiger partial charge in [0.05, 0.1) is 31.1 Å². The Morgan fingerprint density at radius 1 is 0.974 bits per heavy atom. The summed E-state index contributed by atoms with van der Waals surface area (Å²) in [6.45, 7) is 3.22. The maximum atomic E-state index is 13.6. The molecule has 0 amide bonds. The molecule has 3 aromatic carbocycles. The van der Waals surface area contributed by atoms with Crippen LogP contribution in [0.4, 0.5) is 0 Å². The molecule has 1 aromatic heterocycles. The number of nitrogens with one attached hydrogen (secondary N) is 1. The van der Waals surface area contributed by atoms with Crippen LogP contribution in [0.5, 0.6) is 17.2 Å². The largest absolute Gasteiger partial charge is 0.493 e. The van der Waals surface area contributed by atoms with Gasteiger partial charge in [0, 0.05) is 12.5 Å². The van der Waals surface area contributed by atoms with E-state index in [0.717, 1.165) is 37.3 Å². The quantitative estimate of drug-likeness (QED) is 0.253. The first-order valence-corrected chi connectivity index (χ1v) is 14.4. The van der Waals surface area contributed by atoms with Crippen LogP contribution in [-0.2, 0) is 22.7 Å². The maximum absolute atomic E-state index is 13.6. The van der Waals surface area contributed by atoms with Gasteiger partial charge < -0.3 is 23.9 Å². The number of furan rings is 1. The minimum absolute atomic E-state index is 0.174. The van der Waals surface area contributed by atoms with Gasteiger partial charge in [-0.05, 0) is 73.3 Å². The average Bonchev–Trinajstić information content (AvgIpc) is 3.35. The first kappa shape index (κ1) is 26.1. The molecule has 8 heteroatoms. The van der Waals surface area contributed by atoms with E-state index >= 15 is 0 Å². The molecule has 2 heterocycles. The lowest BCUT2D eigenvalue weighted by atomic mass is 9.91. The first-order chi connectivity index (χ1) is 18.5. The average molecular weight is 536 g/mol. The lowest BCUT2D eigenvalue weighted by Crippen LogP contribution is -2.30. The number of fused-ring (bicyclic) bond motifs is 2. The van der Waals surface area contributed by atoms with E-state index in [1.807, 2.05) is 19.1 Å². The van der Waals surface area contributed by atoms with Gasteiger partial charge in [0.15, 0.2) is 11.5 Å². The van der Waals surface area contributed by atoms with Crippen molar-refractivity contribution in [3.63, 3.8) is 0 Å². The summed E-state index contributed by atoms with van der Waals surface area (Å²) in [5.41, 5.74) is 2.99. The first-order valence-electron chi connectivity index (χ1n) is 12.9. The van der Waals surface area contributed by atoms with Crippen molar-refractivity contribution in [3.05, 3.63) is 77.6 Å². The van der Waals surface area contributed by atoms with E-state index in [4.69, 9.17) is 18.6 Å². The summed E-state index contributed by atoms with van der Waals surface area (Å²) in [6.07, 6.45) is 3.03. The molecule has 0 bridgehead atoms. The van der Waals surface area contributed by atoms with Crippen molar-refractivity contribution in [3.8, 4) is 17.2 Å². The summed E-state index contributed by atoms with van der Waals surface area (Å²) in [4.78, 5) is 0.432. The van der Waals surface area contributed by atoms with Gasteiger partial charge in [0.2, 0.25) is 9.84 Å². The van der Waals surface area contributed by atoms with Crippen molar-refractivity contribution in [2.24, 2.45) is 0 Å². The summed E-state index contributed by atoms with van der Waals surface area (Å²) >= 11 is 0. The number of aryl methyl sites for hydroxylation is 1. The fraction of sp³-hybridized carbons (Fsp3) is 0.333. The van der Waals surface area contributed by atoms with Gasteiger partial charge in [-0.1, -0.05) is 31.2 Å². The Morgan fingerprint density at radius 3 is 2.47 bits per heavy atom. The van der Waals surface area contributed by atoms with E-state index in [1.54, 1.807) is 50.6 Å². The number of benzene rings is 3. The molecule has 7 nitrogen and oxygen atoms in total. The number of methoxy groups -OCH3 is 2. The highest BCUT2D eigenvalue weighted by molar-refractivity contribution is 7.91. The van der Waals surface area contributed by atoms with Crippen molar-refractivity contribution < 1.29 is 27.0 Å². The highest BCUT2D eigenvalue weighted by Crippen LogP contribution is 2.40. The predicted octanol–water partition coefficient (Wildman–Crippen LogP) is 5.89. The summed E-state index contributed by atoms with van der Waals surface area (Å²) in [5, 5.41) is 4.11. The van der Waals surface area contributed by atoms with Crippen molar-refractivity contribution in [2.45, 2.75) is 48.4 Å². The lowest BCUT2D eigenvalue weighted by molar-refractivity contribution is 0.297. The van der Waals surface area contributed by atoms with Crippen molar-refractivity contribution in [2.75, 3.05) is 27.4 Å². The van der Waals surface area contributed by atoms with Crippen LogP contribution in [0.1, 0.15) is 42.7 Å². The third-order valence-corrected chi connectivity index (χ3v) is 8.91. The molecule has 0 spiro atoms. The zero-order chi connectivity index (χ0) is 26.7. The minimum atomic E-state index is -3.79. The number of sulfone groups is 1. The molecule has 1 N–H and O–H groups in total. The summed E-state index contributed by atoms with van der Waals surface area (Å²) in [6, 6.07) is 18.2. The fourth-order valence-electron chi connectivity index (χ4n) is 5.19. The van der Waals surface area contributed by atoms with Crippen LogP contribution >= 0.6 is 0 Å². The lowest BCUT2D eigenvalue weighted by Gasteiger charge is -2.28. The maximum Gasteiger partial charge on any atom is 0.210 e. The zero-order valence-corrected chi connectivity index (χ0v) is 22.8. The van der Waals surface area contributed by atoms with E-state index in [0.29, 0.717) is 35.5 Å². The van der Waals surface area contributed by atoms with Crippen LogP contribution in [-0.4, -0.2) is 35.8 Å². The third-order valence-electron chi connectivity index (χ3n) is 7.05. The zero-order valence-electron chi connectivity index (χ0n) is 22.0. The van der Waals surface area contributed by atoms with Gasteiger partial charge >= 0.3 is 0 Å². The molecule has 1 atom stereocenters. The Labute approximate surface area is 223 Å². The molecule has 0 radical (unpaired) electrons. The molecule has 1 aliphatic heterocycles. The molecule has 38 heavy (non-hydrogen) atoms. The van der Waals surface area contributed by atoms with Crippen LogP contribution in [0.15, 0.2) is 74.9 Å². The van der Waals surface area contributed by atoms with Crippen LogP contribution in [0.25, 0.3) is 11.0 Å². The second-order valence-corrected chi connectivity index (χ2v) is 11.2. The molecule has 0 saturated heterocycles. The SMILES string of the molecule is CCc1oc2cccc(OCCCC3NCCc4cc(OC)c(OC)cc43)c2c1S(=O)(=O)c1ccccc1. The standard InChI is InChI=1S/C30H33NO6S/c1-4-24-30(38(32,33)21-10-6-5-7-11-21)29-25(13-8-14-26(29)37-24)36-17-9-12-23-22-19-28(35-3)27(34-2)18-20(22)15-16-31-23/h5-8,10-11,13-14,18-19,23,31H,4,9,12,15-17H2,1-3H3. The van der Waals surface area contributed by atoms with E-state index in [1.165, 1.54) is 11.1 Å². The highest BCUT2D eigenvalue weighted by atomic mass is 32.2. The fourth-order valence-corrected chi connectivity index (χ4v) is 6.90. The van der Waals surface area contributed by atoms with Gasteiger partial charge in [-0.25, -0.2) is 8.42 Å². The predicted molar refractivity (Wildman–Crippen MR) is 146 cm³/mol. The van der Waals surface area contributed by atoms with Crippen LogP contribution in [0.3, 0.4) is 0 Å². The minimum Gasteiger partial charge on any atom is -0.493 e. The van der Waals surface area contributed by atoms with Gasteiger partial charge in [-0.3, -0.25) is 0 Å². The smallest absolute Gasteiger partial charge is 0.210 e. The van der Waals surface area contributed by atoms with E-state index in [9.17, 15) is 8.42 Å². The van der Waals surface area contributed by atoms with Crippen LogP contribution < -0.4 is 19.5 Å². The molecule has 1 aliphatic rings. The number of ether oxygens (including phenoxy) is 3. The molecule has 5 rings (SSSR count). The van der Waals surface area contributed by atoms with Crippen LogP contribution in [0, 0.1) is 0 Å². The Bertz CT molecular complexity index is 1530. The third kappa shape index (κ3) is 4.86. The molecule has 0 aliphatic carbocycles. The Morgan fingerprint density at radius 2 is 1.74 bits per heavy atom. The molecule has 4 aromatic rings. The summed E-state index contributed by atoms with van der Waals surface area (Å²) in [7, 11) is -0.485. The van der Waals surface area contributed by atoms with Crippen molar-refractivity contribution >= 4 is 20.8 Å². The molecular weight excluding hydrogens is 502 g/mol. The molecule has 0 saturated carbocycles. The summed E-state index contributed by atoms with van der Waals surface area (Å²) < 4.78 is 50.5. The summed E-state index contributed by atoms with van der Waals surface area (Å²) in [5.74, 6) is 2.43. The number of hydrogen-bond donors (Lipinski definition) is 1. The molecular formula is C30H33NO6S. The second-order valence-electron chi connectivity index (χ2n) is 9.31. The normalized spacial score (nSPS) is 15.3. The van der Waals surface area contributed by atoms with Gasteiger partial charge in [0.1, 0.15) is 22.0 Å². The van der Waals surface area contributed by atoms with E-state index in [2.05, 4.69) is 17.4 Å². The molecule has 1 unspecified atom stereocenters. The molecule has 200 valence electrons. The topological polar surface area (TPSA) is 87.0 Å². The number of rotatable bonds is 10. The van der Waals surface area contributed by atoms with E-state index < -0.39 is 9.84 Å². The van der Waals surface area contributed by atoms with Gasteiger partial charge in [-0.15, -0.1) is 0 Å². The Hall–Kier alpha value is -3.49. The van der Waals surface area contributed by atoms with Gasteiger partial charge in [-0.2, -0.15) is 0 Å². The van der Waals surface area contributed by atoms with Crippen molar-refractivity contribution in [1.82, 2.24) is 5.32 Å². The Balaban J connectivity index is 1.37.